The van der Waals surface area contributed by atoms with E-state index in [1.54, 1.807) is 18.2 Å². The molecule has 104 valence electrons. The highest BCUT2D eigenvalue weighted by Crippen LogP contribution is 2.30. The molecule has 2 aromatic carbocycles. The molecule has 2 aromatic rings. The first kappa shape index (κ1) is 14.1. The fraction of sp³-hybridized carbons (Fsp3) is 0.235. The Kier molecular flexibility index (Phi) is 4.77. The molecule has 0 radical (unpaired) electrons. The van der Waals surface area contributed by atoms with E-state index in [4.69, 9.17) is 9.47 Å². The van der Waals surface area contributed by atoms with Gasteiger partial charge in [0.15, 0.2) is 17.3 Å². The Labute approximate surface area is 119 Å². The van der Waals surface area contributed by atoms with Crippen LogP contribution >= 0.6 is 0 Å². The first-order chi connectivity index (χ1) is 9.66. The topological polar surface area (TPSA) is 35.5 Å². The molecular formula is C17H18O3. The molecule has 3 heteroatoms. The Morgan fingerprint density at radius 1 is 0.950 bits per heavy atom. The summed E-state index contributed by atoms with van der Waals surface area (Å²) in [5, 5.41) is 0. The molecule has 0 spiro atoms. The van der Waals surface area contributed by atoms with Gasteiger partial charge in [-0.1, -0.05) is 35.9 Å². The summed E-state index contributed by atoms with van der Waals surface area (Å²) in [5.41, 5.74) is 1.98. The Balaban J connectivity index is 0.000000178. The maximum atomic E-state index is 11.0. The molecule has 0 fully saturated rings. The van der Waals surface area contributed by atoms with E-state index in [1.807, 2.05) is 18.2 Å². The minimum Gasteiger partial charge on any atom is -0.486 e. The second kappa shape index (κ2) is 6.75. The number of hydrogen-bond donors (Lipinski definition) is 0. The molecule has 0 amide bonds. The van der Waals surface area contributed by atoms with Gasteiger partial charge in [-0.3, -0.25) is 4.79 Å². The highest BCUT2D eigenvalue weighted by atomic mass is 16.6. The zero-order chi connectivity index (χ0) is 14.4. The van der Waals surface area contributed by atoms with Crippen LogP contribution in [-0.4, -0.2) is 19.0 Å². The highest BCUT2D eigenvalue weighted by Gasteiger charge is 2.12. The van der Waals surface area contributed by atoms with E-state index in [0.717, 1.165) is 5.75 Å². The lowest BCUT2D eigenvalue weighted by Gasteiger charge is -2.18. The van der Waals surface area contributed by atoms with Crippen molar-refractivity contribution < 1.29 is 14.3 Å². The van der Waals surface area contributed by atoms with Crippen molar-refractivity contribution in [3.63, 3.8) is 0 Å². The van der Waals surface area contributed by atoms with Crippen molar-refractivity contribution in [1.82, 2.24) is 0 Å². The number of Topliss-reactive ketones (excluding diaryl/α,β-unsaturated/α-hetero) is 1. The zero-order valence-electron chi connectivity index (χ0n) is 11.8. The SMILES string of the molecule is CC(=O)c1ccc2c(c1)OCCO2.Cc1ccccc1. The van der Waals surface area contributed by atoms with Crippen LogP contribution in [0.3, 0.4) is 0 Å². The van der Waals surface area contributed by atoms with Gasteiger partial charge >= 0.3 is 0 Å². The van der Waals surface area contributed by atoms with Gasteiger partial charge in [0, 0.05) is 5.56 Å². The molecule has 20 heavy (non-hydrogen) atoms. The van der Waals surface area contributed by atoms with Gasteiger partial charge in [0.25, 0.3) is 0 Å². The second-order valence-corrected chi connectivity index (χ2v) is 4.57. The lowest BCUT2D eigenvalue weighted by atomic mass is 10.1. The van der Waals surface area contributed by atoms with E-state index in [9.17, 15) is 4.79 Å². The van der Waals surface area contributed by atoms with Crippen LogP contribution in [-0.2, 0) is 0 Å². The Bertz CT molecular complexity index is 576. The third-order valence-corrected chi connectivity index (χ3v) is 2.89. The largest absolute Gasteiger partial charge is 0.486 e. The number of rotatable bonds is 1. The van der Waals surface area contributed by atoms with Gasteiger partial charge in [0.2, 0.25) is 0 Å². The van der Waals surface area contributed by atoms with E-state index in [-0.39, 0.29) is 5.78 Å². The number of hydrogen-bond acceptors (Lipinski definition) is 3. The number of ether oxygens (including phenoxy) is 2. The number of fused-ring (bicyclic) bond motifs is 1. The Hall–Kier alpha value is -2.29. The van der Waals surface area contributed by atoms with E-state index >= 15 is 0 Å². The fourth-order valence-corrected chi connectivity index (χ4v) is 1.80. The standard InChI is InChI=1S/C10H10O3.C7H8/c1-7(11)8-2-3-9-10(6-8)13-5-4-12-9;1-7-5-3-2-4-6-7/h2-3,6H,4-5H2,1H3;2-6H,1H3. The van der Waals surface area contributed by atoms with Crippen LogP contribution in [0.15, 0.2) is 48.5 Å². The molecular weight excluding hydrogens is 252 g/mol. The quantitative estimate of drug-likeness (QED) is 0.742. The van der Waals surface area contributed by atoms with Crippen molar-refractivity contribution in [2.45, 2.75) is 13.8 Å². The third kappa shape index (κ3) is 3.85. The van der Waals surface area contributed by atoms with E-state index < -0.39 is 0 Å². The monoisotopic (exact) mass is 270 g/mol. The Morgan fingerprint density at radius 3 is 2.15 bits per heavy atom. The summed E-state index contributed by atoms with van der Waals surface area (Å²) in [6.07, 6.45) is 0. The molecule has 1 heterocycles. The fourth-order valence-electron chi connectivity index (χ4n) is 1.80. The van der Waals surface area contributed by atoms with Crippen LogP contribution in [0.2, 0.25) is 0 Å². The average Bonchev–Trinajstić information content (AvgIpc) is 2.48. The average molecular weight is 270 g/mol. The number of ketones is 1. The molecule has 0 bridgehead atoms. The number of aryl methyl sites for hydroxylation is 1. The molecule has 0 saturated heterocycles. The second-order valence-electron chi connectivity index (χ2n) is 4.57. The van der Waals surface area contributed by atoms with Crippen molar-refractivity contribution in [3.05, 3.63) is 59.7 Å². The summed E-state index contributed by atoms with van der Waals surface area (Å²) in [6, 6.07) is 15.5. The molecule has 1 aliphatic heterocycles. The maximum absolute atomic E-state index is 11.0. The summed E-state index contributed by atoms with van der Waals surface area (Å²) in [4.78, 5) is 11.0. The van der Waals surface area contributed by atoms with E-state index in [2.05, 4.69) is 19.1 Å². The molecule has 3 nitrogen and oxygen atoms in total. The minimum absolute atomic E-state index is 0.0389. The van der Waals surface area contributed by atoms with Gasteiger partial charge in [-0.2, -0.15) is 0 Å². The highest BCUT2D eigenvalue weighted by molar-refractivity contribution is 5.94. The Morgan fingerprint density at radius 2 is 1.60 bits per heavy atom. The van der Waals surface area contributed by atoms with Crippen LogP contribution < -0.4 is 9.47 Å². The zero-order valence-corrected chi connectivity index (χ0v) is 11.8. The molecule has 0 aliphatic carbocycles. The minimum atomic E-state index is 0.0389. The normalized spacial score (nSPS) is 12.1. The molecule has 0 N–H and O–H groups in total. The predicted molar refractivity (Wildman–Crippen MR) is 78.6 cm³/mol. The first-order valence-corrected chi connectivity index (χ1v) is 6.59. The number of benzene rings is 2. The molecule has 3 rings (SSSR count). The molecule has 0 atom stereocenters. The lowest BCUT2D eigenvalue weighted by Crippen LogP contribution is -2.15. The summed E-state index contributed by atoms with van der Waals surface area (Å²) in [5.74, 6) is 1.42. The third-order valence-electron chi connectivity index (χ3n) is 2.89. The molecule has 0 aromatic heterocycles. The molecule has 0 unspecified atom stereocenters. The van der Waals surface area contributed by atoms with Crippen molar-refractivity contribution in [2.75, 3.05) is 13.2 Å². The van der Waals surface area contributed by atoms with Gasteiger partial charge in [-0.15, -0.1) is 0 Å². The van der Waals surface area contributed by atoms with Crippen LogP contribution in [0.25, 0.3) is 0 Å². The first-order valence-electron chi connectivity index (χ1n) is 6.59. The van der Waals surface area contributed by atoms with Crippen molar-refractivity contribution >= 4 is 5.78 Å². The summed E-state index contributed by atoms with van der Waals surface area (Å²) < 4.78 is 10.7. The predicted octanol–water partition coefficient (Wildman–Crippen LogP) is 3.66. The van der Waals surface area contributed by atoms with Gasteiger partial charge < -0.3 is 9.47 Å². The van der Waals surface area contributed by atoms with Gasteiger partial charge in [-0.25, -0.2) is 0 Å². The molecule has 0 saturated carbocycles. The lowest BCUT2D eigenvalue weighted by molar-refractivity contribution is 0.101. The van der Waals surface area contributed by atoms with Crippen molar-refractivity contribution in [2.24, 2.45) is 0 Å². The summed E-state index contributed by atoms with van der Waals surface area (Å²) >= 11 is 0. The van der Waals surface area contributed by atoms with Crippen LogP contribution in [0.1, 0.15) is 22.8 Å². The van der Waals surface area contributed by atoms with Crippen LogP contribution in [0, 0.1) is 6.92 Å². The van der Waals surface area contributed by atoms with Crippen LogP contribution in [0.4, 0.5) is 0 Å². The smallest absolute Gasteiger partial charge is 0.162 e. The summed E-state index contributed by atoms with van der Waals surface area (Å²) in [7, 11) is 0. The maximum Gasteiger partial charge on any atom is 0.162 e. The van der Waals surface area contributed by atoms with E-state index in [1.165, 1.54) is 12.5 Å². The van der Waals surface area contributed by atoms with Crippen LogP contribution in [0.5, 0.6) is 11.5 Å². The van der Waals surface area contributed by atoms with E-state index in [0.29, 0.717) is 24.5 Å². The van der Waals surface area contributed by atoms with Gasteiger partial charge in [0.05, 0.1) is 0 Å². The molecule has 1 aliphatic rings. The van der Waals surface area contributed by atoms with Crippen molar-refractivity contribution in [3.8, 4) is 11.5 Å². The van der Waals surface area contributed by atoms with Crippen molar-refractivity contribution in [1.29, 1.82) is 0 Å². The summed E-state index contributed by atoms with van der Waals surface area (Å²) in [6.45, 7) is 4.74. The number of carbonyl (C=O) groups is 1. The van der Waals surface area contributed by atoms with Gasteiger partial charge in [0.1, 0.15) is 13.2 Å². The number of carbonyl (C=O) groups excluding carboxylic acids is 1. The van der Waals surface area contributed by atoms with Gasteiger partial charge in [-0.05, 0) is 32.0 Å².